The largest absolute Gasteiger partial charge is 0.311 e. The minimum atomic E-state index is 0.500. The fourth-order valence-electron chi connectivity index (χ4n) is 11.9. The lowest BCUT2D eigenvalue weighted by Crippen LogP contribution is -2.11. The summed E-state index contributed by atoms with van der Waals surface area (Å²) in [6, 6.07) is 107. The first-order valence-electron chi connectivity index (χ1n) is 29.7. The zero-order chi connectivity index (χ0) is 64.7. The van der Waals surface area contributed by atoms with Gasteiger partial charge < -0.3 is 19.6 Å². The molecule has 0 heterocycles. The molecule has 0 aliphatic carbocycles. The lowest BCUT2D eigenvalue weighted by atomic mass is 9.85. The number of fused-ring (bicyclic) bond motifs is 2. The van der Waals surface area contributed by atoms with E-state index in [1.54, 1.807) is 97.1 Å². The molecule has 0 aromatic heterocycles. The average Bonchev–Trinajstić information content (AvgIpc) is 0.724. The number of nitriles is 8. The maximum atomic E-state index is 9.95. The van der Waals surface area contributed by atoms with Crippen molar-refractivity contribution in [3.05, 3.63) is 324 Å². The van der Waals surface area contributed by atoms with Gasteiger partial charge in [-0.25, -0.2) is 0 Å². The van der Waals surface area contributed by atoms with Crippen LogP contribution in [0.4, 0.5) is 68.2 Å². The van der Waals surface area contributed by atoms with Crippen LogP contribution in [0.3, 0.4) is 0 Å². The summed E-state index contributed by atoms with van der Waals surface area (Å²) in [7, 11) is 0. The SMILES string of the molecule is N#Cc1ccc(N(c2ccc(C#N)cc2)c2ccc(-c3c4ccc(N(c5ccc(C#N)cc5)c5ccc(C#N)cc5)cc4c(-c4ccc(N(c5ccc(C#N)cc5)c5ccc(C#N)cc5)cc4)c4ccc(N(c5ccc(C#N)cc5)c5ccc(C#N)cc5)cc34)cc2)cc1. The second-order valence-corrected chi connectivity index (χ2v) is 21.9. The Balaban J connectivity index is 1.10. The van der Waals surface area contributed by atoms with E-state index >= 15 is 0 Å². The molecule has 0 unspecified atom stereocenters. The van der Waals surface area contributed by atoms with Crippen LogP contribution < -0.4 is 19.6 Å². The number of hydrogen-bond acceptors (Lipinski definition) is 12. The molecule has 13 aromatic carbocycles. The van der Waals surface area contributed by atoms with Crippen LogP contribution in [-0.4, -0.2) is 0 Å². The van der Waals surface area contributed by atoms with Crippen molar-refractivity contribution in [1.29, 1.82) is 42.1 Å². The van der Waals surface area contributed by atoms with E-state index in [1.807, 2.05) is 97.1 Å². The number of hydrogen-bond donors (Lipinski definition) is 0. The highest BCUT2D eigenvalue weighted by atomic mass is 15.2. The van der Waals surface area contributed by atoms with Crippen molar-refractivity contribution in [2.45, 2.75) is 0 Å². The molecule has 13 aromatic rings. The van der Waals surface area contributed by atoms with Crippen LogP contribution in [0, 0.1) is 90.6 Å². The second kappa shape index (κ2) is 25.7. The fourth-order valence-corrected chi connectivity index (χ4v) is 11.9. The van der Waals surface area contributed by atoms with Crippen LogP contribution in [0.15, 0.2) is 279 Å². The van der Waals surface area contributed by atoms with Crippen LogP contribution in [0.25, 0.3) is 43.8 Å². The fraction of sp³-hybridized carbons (Fsp3) is 0. The molecule has 0 saturated heterocycles. The van der Waals surface area contributed by atoms with Crippen LogP contribution in [-0.2, 0) is 0 Å². The highest BCUT2D eigenvalue weighted by Crippen LogP contribution is 2.50. The van der Waals surface area contributed by atoms with Gasteiger partial charge in [0.1, 0.15) is 0 Å². The molecular weight excluding hydrogens is 1150 g/mol. The third kappa shape index (κ3) is 11.4. The van der Waals surface area contributed by atoms with Crippen molar-refractivity contribution >= 4 is 89.8 Å². The van der Waals surface area contributed by atoms with Crippen molar-refractivity contribution in [1.82, 2.24) is 0 Å². The number of nitrogens with zero attached hydrogens (tertiary/aromatic N) is 12. The molecule has 0 radical (unpaired) electrons. The molecule has 12 nitrogen and oxygen atoms in total. The Morgan fingerprint density at radius 2 is 0.309 bits per heavy atom. The summed E-state index contributed by atoms with van der Waals surface area (Å²) < 4.78 is 0. The van der Waals surface area contributed by atoms with Crippen molar-refractivity contribution in [3.63, 3.8) is 0 Å². The molecule has 0 fully saturated rings. The molecule has 0 atom stereocenters. The van der Waals surface area contributed by atoms with Crippen LogP contribution >= 0.6 is 0 Å². The van der Waals surface area contributed by atoms with Gasteiger partial charge in [0.15, 0.2) is 0 Å². The molecule has 0 bridgehead atoms. The Hall–Kier alpha value is -14.5. The van der Waals surface area contributed by atoms with Crippen LogP contribution in [0.5, 0.6) is 0 Å². The third-order valence-corrected chi connectivity index (χ3v) is 16.5. The zero-order valence-electron chi connectivity index (χ0n) is 49.9. The second-order valence-electron chi connectivity index (χ2n) is 21.9. The predicted molar refractivity (Wildman–Crippen MR) is 369 cm³/mol. The maximum absolute atomic E-state index is 9.95. The summed E-state index contributed by atoms with van der Waals surface area (Å²) in [5, 5.41) is 82.5. The van der Waals surface area contributed by atoms with E-state index in [2.05, 4.69) is 153 Å². The summed E-state index contributed by atoms with van der Waals surface area (Å²) in [5.74, 6) is 0. The molecule has 0 aliphatic heterocycles. The normalized spacial score (nSPS) is 10.5. The van der Waals surface area contributed by atoms with Gasteiger partial charge in [0.25, 0.3) is 0 Å². The van der Waals surface area contributed by atoms with E-state index in [-0.39, 0.29) is 0 Å². The smallest absolute Gasteiger partial charge is 0.0991 e. The Morgan fingerprint density at radius 1 is 0.160 bits per heavy atom. The van der Waals surface area contributed by atoms with E-state index in [4.69, 9.17) is 0 Å². The molecule has 94 heavy (non-hydrogen) atoms. The monoisotopic (exact) mass is 1200 g/mol. The maximum Gasteiger partial charge on any atom is 0.0991 e. The van der Waals surface area contributed by atoms with E-state index in [0.29, 0.717) is 44.5 Å². The summed E-state index contributed by atoms with van der Waals surface area (Å²) in [6.45, 7) is 0. The number of benzene rings is 13. The summed E-state index contributed by atoms with van der Waals surface area (Å²) >= 11 is 0. The minimum absolute atomic E-state index is 0.500. The van der Waals surface area contributed by atoms with E-state index in [9.17, 15) is 42.1 Å². The highest BCUT2D eigenvalue weighted by Gasteiger charge is 2.24. The van der Waals surface area contributed by atoms with Crippen molar-refractivity contribution in [2.75, 3.05) is 19.6 Å². The molecule has 0 amide bonds. The zero-order valence-corrected chi connectivity index (χ0v) is 49.9. The van der Waals surface area contributed by atoms with Gasteiger partial charge in [-0.2, -0.15) is 42.1 Å². The van der Waals surface area contributed by atoms with Gasteiger partial charge in [-0.05, 0) is 286 Å². The van der Waals surface area contributed by atoms with Crippen LogP contribution in [0.2, 0.25) is 0 Å². The van der Waals surface area contributed by atoms with Crippen molar-refractivity contribution < 1.29 is 0 Å². The molecule has 0 N–H and O–H groups in total. The molecule has 434 valence electrons. The first-order valence-corrected chi connectivity index (χ1v) is 29.7. The molecule has 13 rings (SSSR count). The van der Waals surface area contributed by atoms with Crippen molar-refractivity contribution in [2.24, 2.45) is 0 Å². The van der Waals surface area contributed by atoms with E-state index in [0.717, 1.165) is 112 Å². The van der Waals surface area contributed by atoms with Gasteiger partial charge in [0.05, 0.1) is 93.1 Å². The quantitative estimate of drug-likeness (QED) is 0.0933. The Morgan fingerprint density at radius 3 is 0.479 bits per heavy atom. The molecule has 0 aliphatic rings. The van der Waals surface area contributed by atoms with E-state index < -0.39 is 0 Å². The van der Waals surface area contributed by atoms with Gasteiger partial charge in [0.2, 0.25) is 0 Å². The standard InChI is InChI=1S/C82H46N12/c83-47-55-1-21-65(22-2-55)91(66-23-3-56(48-84)4-24-66)73-37-17-63(18-38-73)81-77-43-41-76(94(71-33-13-61(53-89)14-34-71)72-35-15-62(54-90)16-36-72)46-80(77)82(64-19-39-74(40-20-64)92(67-25-5-57(49-85)6-26-67)68-27-7-58(50-86)8-28-68)78-44-42-75(45-79(78)81)93(69-29-9-59(51-87)10-30-69)70-31-11-60(52-88)12-32-70/h1-46H. The molecule has 0 saturated carbocycles. The molecule has 12 heteroatoms. The highest BCUT2D eigenvalue weighted by molar-refractivity contribution is 6.23. The molecular formula is C82H46N12. The average molecular weight is 1200 g/mol. The van der Waals surface area contributed by atoms with E-state index in [1.165, 1.54) is 0 Å². The lowest BCUT2D eigenvalue weighted by molar-refractivity contribution is 1.28. The Bertz CT molecular complexity index is 4830. The predicted octanol–water partition coefficient (Wildman–Crippen LogP) is 20.2. The van der Waals surface area contributed by atoms with Gasteiger partial charge in [0, 0.05) is 68.2 Å². The summed E-state index contributed by atoms with van der Waals surface area (Å²) in [5.41, 5.74) is 17.2. The van der Waals surface area contributed by atoms with Gasteiger partial charge >= 0.3 is 0 Å². The van der Waals surface area contributed by atoms with Gasteiger partial charge in [-0.15, -0.1) is 0 Å². The number of anilines is 12. The molecule has 0 spiro atoms. The Kier molecular flexibility index (Phi) is 16.0. The minimum Gasteiger partial charge on any atom is -0.311 e. The third-order valence-electron chi connectivity index (χ3n) is 16.5. The lowest BCUT2D eigenvalue weighted by Gasteiger charge is -2.29. The van der Waals surface area contributed by atoms with Crippen molar-refractivity contribution in [3.8, 4) is 70.8 Å². The Labute approximate surface area is 542 Å². The topological polar surface area (TPSA) is 203 Å². The summed E-state index contributed by atoms with van der Waals surface area (Å²) in [6.07, 6.45) is 0. The van der Waals surface area contributed by atoms with Crippen LogP contribution in [0.1, 0.15) is 44.5 Å². The first kappa shape index (κ1) is 58.5. The first-order chi connectivity index (χ1) is 46.2. The van der Waals surface area contributed by atoms with Gasteiger partial charge in [-0.1, -0.05) is 36.4 Å². The number of rotatable bonds is 14. The summed E-state index contributed by atoms with van der Waals surface area (Å²) in [4.78, 5) is 8.38. The van der Waals surface area contributed by atoms with Gasteiger partial charge in [-0.3, -0.25) is 0 Å².